The smallest absolute Gasteiger partial charge is 1.00 e. The van der Waals surface area contributed by atoms with Gasteiger partial charge in [-0.05, 0) is 6.42 Å². The molecule has 0 spiro atoms. The maximum Gasteiger partial charge on any atom is 1.00 e. The molecule has 0 aliphatic carbocycles. The van der Waals surface area contributed by atoms with Gasteiger partial charge in [0.2, 0.25) is 0 Å². The van der Waals surface area contributed by atoms with Crippen LogP contribution in [0.5, 0.6) is 0 Å². The number of unbranched alkanes of at least 4 members (excludes halogenated alkanes) is 2. The Morgan fingerprint density at radius 3 is 1.08 bits per heavy atom. The zero-order valence-corrected chi connectivity index (χ0v) is 18.0. The van der Waals surface area contributed by atoms with E-state index in [1.54, 1.807) is 0 Å². The fourth-order valence-corrected chi connectivity index (χ4v) is 0.630. The predicted molar refractivity (Wildman–Crippen MR) is 90.7 cm³/mol. The van der Waals surface area contributed by atoms with E-state index in [0.29, 0.717) is 0 Å². The molecule has 11 heteroatoms. The summed E-state index contributed by atoms with van der Waals surface area (Å²) in [4.78, 5) is 36.0. The first-order valence-corrected chi connectivity index (χ1v) is 6.99. The maximum atomic E-state index is 9.00. The predicted octanol–water partition coefficient (Wildman–Crippen LogP) is -1.71. The number of carboxylic acids is 4. The molecule has 148 valence electrons. The third-order valence-corrected chi connectivity index (χ3v) is 1.14. The Kier molecular flexibility index (Phi) is 53.4. The third kappa shape index (κ3) is 683. The minimum atomic E-state index is -0.833. The molecular formula is C14H33N2NaO8. The van der Waals surface area contributed by atoms with E-state index in [2.05, 4.69) is 6.92 Å². The van der Waals surface area contributed by atoms with Crippen molar-refractivity contribution < 1.29 is 70.6 Å². The van der Waals surface area contributed by atoms with Gasteiger partial charge in [-0.15, -0.1) is 0 Å². The van der Waals surface area contributed by atoms with Crippen molar-refractivity contribution in [1.82, 2.24) is 0 Å². The van der Waals surface area contributed by atoms with Crippen molar-refractivity contribution in [3.8, 4) is 0 Å². The molecule has 0 aromatic heterocycles. The van der Waals surface area contributed by atoms with Gasteiger partial charge in [-0.25, -0.2) is 0 Å². The summed E-state index contributed by atoms with van der Waals surface area (Å²) in [6, 6.07) is 0. The number of nitrogens with two attached hydrogens (primary N) is 2. The molecule has 10 nitrogen and oxygen atoms in total. The van der Waals surface area contributed by atoms with Gasteiger partial charge in [0.1, 0.15) is 0 Å². The number of hydrogen-bond donors (Lipinski definition) is 6. The molecule has 8 N–H and O–H groups in total. The molecule has 0 heterocycles. The first-order chi connectivity index (χ1) is 10.7. The Hall–Kier alpha value is -1.20. The van der Waals surface area contributed by atoms with Crippen LogP contribution in [0, 0.1) is 0 Å². The average molecular weight is 380 g/mol. The van der Waals surface area contributed by atoms with Gasteiger partial charge in [0.25, 0.3) is 23.9 Å². The molecule has 0 fully saturated rings. The van der Waals surface area contributed by atoms with Crippen molar-refractivity contribution in [2.24, 2.45) is 11.5 Å². The largest absolute Gasteiger partial charge is 1.00 e. The zero-order valence-electron chi connectivity index (χ0n) is 17.0. The van der Waals surface area contributed by atoms with Crippen molar-refractivity contribution in [2.45, 2.75) is 66.5 Å². The molecule has 0 amide bonds. The normalized spacial score (nSPS) is 7.36. The molecule has 0 radical (unpaired) electrons. The fraction of sp³-hybridized carbons (Fsp3) is 0.714. The molecular weight excluding hydrogens is 347 g/mol. The Balaban J connectivity index is -0.0000000355. The van der Waals surface area contributed by atoms with Crippen LogP contribution in [-0.2, 0) is 19.2 Å². The minimum absolute atomic E-state index is 0. The van der Waals surface area contributed by atoms with Gasteiger partial charge < -0.3 is 33.3 Å². The molecule has 0 unspecified atom stereocenters. The molecule has 0 rings (SSSR count). The van der Waals surface area contributed by atoms with Crippen LogP contribution in [0.3, 0.4) is 0 Å². The summed E-state index contributed by atoms with van der Waals surface area (Å²) in [5.74, 6) is -3.33. The molecule has 0 aromatic carbocycles. The number of carbonyl (C=O) groups is 4. The number of rotatable bonds is 4. The second-order valence-corrected chi connectivity index (χ2v) is 4.24. The van der Waals surface area contributed by atoms with Gasteiger partial charge in [-0.1, -0.05) is 26.2 Å². The van der Waals surface area contributed by atoms with Crippen molar-refractivity contribution in [3.05, 3.63) is 0 Å². The minimum Gasteiger partial charge on any atom is -1.00 e. The van der Waals surface area contributed by atoms with E-state index in [1.165, 1.54) is 19.3 Å². The van der Waals surface area contributed by atoms with Gasteiger partial charge in [-0.3, -0.25) is 19.2 Å². The Labute approximate surface area is 172 Å². The summed E-state index contributed by atoms with van der Waals surface area (Å²) in [6.07, 6.45) is 4.54. The third-order valence-electron chi connectivity index (χ3n) is 1.14. The first-order valence-electron chi connectivity index (χ1n) is 6.99. The average Bonchev–Trinajstić information content (AvgIpc) is 2.25. The van der Waals surface area contributed by atoms with E-state index in [0.717, 1.165) is 34.1 Å². The fourth-order valence-electron chi connectivity index (χ4n) is 0.630. The maximum absolute atomic E-state index is 9.00. The molecule has 0 saturated carbocycles. The van der Waals surface area contributed by atoms with Crippen LogP contribution in [-0.4, -0.2) is 50.5 Å². The molecule has 0 bridgehead atoms. The van der Waals surface area contributed by atoms with Crippen LogP contribution in [0.4, 0.5) is 0 Å². The molecule has 0 aliphatic rings. The van der Waals surface area contributed by atoms with Crippen molar-refractivity contribution >= 4 is 23.9 Å². The Morgan fingerprint density at radius 1 is 0.760 bits per heavy atom. The van der Waals surface area contributed by atoms with E-state index >= 15 is 0 Å². The van der Waals surface area contributed by atoms with Crippen LogP contribution >= 0.6 is 0 Å². The summed E-state index contributed by atoms with van der Waals surface area (Å²) < 4.78 is 0. The van der Waals surface area contributed by atoms with Crippen molar-refractivity contribution in [2.75, 3.05) is 0 Å². The summed E-state index contributed by atoms with van der Waals surface area (Å²) in [7, 11) is 0. The number of carboxylic acid groups (broad SMARTS) is 4. The quantitative estimate of drug-likeness (QED) is 0.185. The van der Waals surface area contributed by atoms with Gasteiger partial charge in [0.15, 0.2) is 0 Å². The van der Waals surface area contributed by atoms with E-state index in [-0.39, 0.29) is 37.1 Å². The van der Waals surface area contributed by atoms with Crippen molar-refractivity contribution in [3.63, 3.8) is 0 Å². The van der Waals surface area contributed by atoms with Gasteiger partial charge in [0.05, 0.1) is 6.17 Å². The molecule has 0 atom stereocenters. The first kappa shape index (κ1) is 39.0. The monoisotopic (exact) mass is 380 g/mol. The van der Waals surface area contributed by atoms with Gasteiger partial charge in [-0.2, -0.15) is 0 Å². The molecule has 0 saturated heterocycles. The molecule has 0 aromatic rings. The summed E-state index contributed by atoms with van der Waals surface area (Å²) >= 11 is 0. The van der Waals surface area contributed by atoms with Gasteiger partial charge in [0, 0.05) is 27.7 Å². The summed E-state index contributed by atoms with van der Waals surface area (Å²) in [5, 5.41) is 29.7. The molecule has 0 aliphatic heterocycles. The van der Waals surface area contributed by atoms with Crippen LogP contribution < -0.4 is 41.0 Å². The topological polar surface area (TPSA) is 201 Å². The molecule has 25 heavy (non-hydrogen) atoms. The van der Waals surface area contributed by atoms with Crippen LogP contribution in [0.15, 0.2) is 0 Å². The van der Waals surface area contributed by atoms with Crippen LogP contribution in [0.2, 0.25) is 0 Å². The summed E-state index contributed by atoms with van der Waals surface area (Å²) in [5.41, 5.74) is 10.6. The van der Waals surface area contributed by atoms with Gasteiger partial charge >= 0.3 is 29.6 Å². The standard InChI is InChI=1S/C6H16N2.4C2H4O2.Na.H/c1-2-3-4-5-6(7)8;4*1-2(3)4;;/h6H,2-5,7-8H2,1H3;4*1H3,(H,3,4);;/q;;;;;+1;-1. The van der Waals surface area contributed by atoms with E-state index in [1.807, 2.05) is 0 Å². The zero-order chi connectivity index (χ0) is 20.7. The van der Waals surface area contributed by atoms with Crippen LogP contribution in [0.25, 0.3) is 0 Å². The summed E-state index contributed by atoms with van der Waals surface area (Å²) in [6.45, 7) is 6.50. The second kappa shape index (κ2) is 34.2. The SMILES string of the molecule is CC(=O)O.CC(=O)O.CC(=O)O.CC(=O)O.CCCCCC(N)N.[H-].[Na+]. The van der Waals surface area contributed by atoms with Crippen LogP contribution in [0.1, 0.15) is 61.7 Å². The Bertz CT molecular complexity index is 268. The second-order valence-electron chi connectivity index (χ2n) is 4.24. The van der Waals surface area contributed by atoms with E-state index in [9.17, 15) is 0 Å². The number of hydrogen-bond acceptors (Lipinski definition) is 6. The Morgan fingerprint density at radius 2 is 0.960 bits per heavy atom. The van der Waals surface area contributed by atoms with Crippen molar-refractivity contribution in [1.29, 1.82) is 0 Å². The number of aliphatic carboxylic acids is 4. The van der Waals surface area contributed by atoms with E-state index < -0.39 is 23.9 Å². The van der Waals surface area contributed by atoms with E-state index in [4.69, 9.17) is 51.1 Å².